The first kappa shape index (κ1) is 14.9. The van der Waals surface area contributed by atoms with E-state index < -0.39 is 11.9 Å². The van der Waals surface area contributed by atoms with E-state index in [9.17, 15) is 14.7 Å². The lowest BCUT2D eigenvalue weighted by atomic mass is 10.2. The predicted molar refractivity (Wildman–Crippen MR) is 78.8 cm³/mol. The number of hydrogen-bond acceptors (Lipinski definition) is 4. The molecule has 0 radical (unpaired) electrons. The van der Waals surface area contributed by atoms with E-state index in [0.717, 1.165) is 0 Å². The summed E-state index contributed by atoms with van der Waals surface area (Å²) in [5, 5.41) is 12.6. The zero-order valence-electron chi connectivity index (χ0n) is 11.1. The van der Waals surface area contributed by atoms with Gasteiger partial charge in [-0.05, 0) is 36.4 Å². The van der Waals surface area contributed by atoms with Gasteiger partial charge in [0.1, 0.15) is 11.5 Å². The molecule has 0 unspecified atom stereocenters. The van der Waals surface area contributed by atoms with Gasteiger partial charge >= 0.3 is 5.97 Å². The van der Waals surface area contributed by atoms with Crippen LogP contribution >= 0.6 is 11.6 Å². The number of hydrogen-bond donors (Lipinski definition) is 2. The van der Waals surface area contributed by atoms with Crippen LogP contribution in [0.4, 0.5) is 5.69 Å². The van der Waals surface area contributed by atoms with Gasteiger partial charge in [0.25, 0.3) is 5.91 Å². The van der Waals surface area contributed by atoms with Crippen molar-refractivity contribution in [1.29, 1.82) is 0 Å². The summed E-state index contributed by atoms with van der Waals surface area (Å²) in [4.78, 5) is 23.0. The van der Waals surface area contributed by atoms with Gasteiger partial charge < -0.3 is 15.2 Å². The van der Waals surface area contributed by atoms with Gasteiger partial charge in [-0.25, -0.2) is 0 Å². The van der Waals surface area contributed by atoms with Gasteiger partial charge in [0, 0.05) is 17.5 Å². The van der Waals surface area contributed by atoms with Crippen molar-refractivity contribution in [2.75, 3.05) is 5.32 Å². The van der Waals surface area contributed by atoms with Gasteiger partial charge in [-0.3, -0.25) is 9.59 Å². The van der Waals surface area contributed by atoms with Crippen molar-refractivity contribution in [2.45, 2.75) is 6.92 Å². The van der Waals surface area contributed by atoms with Crippen molar-refractivity contribution in [3.63, 3.8) is 0 Å². The van der Waals surface area contributed by atoms with E-state index in [4.69, 9.17) is 16.3 Å². The van der Waals surface area contributed by atoms with E-state index in [1.807, 2.05) is 0 Å². The molecule has 0 spiro atoms. The first-order valence-corrected chi connectivity index (χ1v) is 6.42. The Labute approximate surface area is 126 Å². The Hall–Kier alpha value is -2.53. The van der Waals surface area contributed by atoms with Crippen LogP contribution in [0.2, 0.25) is 5.02 Å². The Morgan fingerprint density at radius 2 is 1.95 bits per heavy atom. The van der Waals surface area contributed by atoms with Crippen molar-refractivity contribution >= 4 is 29.2 Å². The third kappa shape index (κ3) is 3.97. The van der Waals surface area contributed by atoms with Crippen LogP contribution in [-0.4, -0.2) is 17.0 Å². The Bertz CT molecular complexity index is 700. The lowest BCUT2D eigenvalue weighted by molar-refractivity contribution is -0.131. The van der Waals surface area contributed by atoms with Crippen LogP contribution < -0.4 is 10.1 Å². The molecule has 2 rings (SSSR count). The molecule has 2 aromatic rings. The summed E-state index contributed by atoms with van der Waals surface area (Å²) in [7, 11) is 0. The molecule has 5 nitrogen and oxygen atoms in total. The number of amides is 1. The number of ether oxygens (including phenoxy) is 1. The number of benzene rings is 2. The number of halogens is 1. The number of anilines is 1. The lowest BCUT2D eigenvalue weighted by Gasteiger charge is -2.08. The highest BCUT2D eigenvalue weighted by molar-refractivity contribution is 6.31. The average molecular weight is 306 g/mol. The van der Waals surface area contributed by atoms with Gasteiger partial charge in [-0.15, -0.1) is 0 Å². The van der Waals surface area contributed by atoms with Crippen molar-refractivity contribution < 1.29 is 19.4 Å². The van der Waals surface area contributed by atoms with Crippen LogP contribution in [0.3, 0.4) is 0 Å². The molecule has 2 aromatic carbocycles. The maximum absolute atomic E-state index is 12.1. The number of phenols is 1. The fourth-order valence-corrected chi connectivity index (χ4v) is 1.84. The van der Waals surface area contributed by atoms with Crippen molar-refractivity contribution in [1.82, 2.24) is 0 Å². The SMILES string of the molecule is CC(=O)Oc1cccc(C(=O)Nc2cc(Cl)ccc2O)c1. The number of esters is 1. The minimum Gasteiger partial charge on any atom is -0.506 e. The van der Waals surface area contributed by atoms with E-state index in [-0.39, 0.29) is 22.7 Å². The molecule has 2 N–H and O–H groups in total. The Morgan fingerprint density at radius 1 is 1.19 bits per heavy atom. The number of phenolic OH excluding ortho intramolecular Hbond substituents is 1. The number of nitrogens with one attached hydrogen (secondary N) is 1. The normalized spacial score (nSPS) is 10.0. The lowest BCUT2D eigenvalue weighted by Crippen LogP contribution is -2.12. The zero-order valence-corrected chi connectivity index (χ0v) is 11.8. The van der Waals surface area contributed by atoms with Gasteiger partial charge in [-0.2, -0.15) is 0 Å². The molecule has 108 valence electrons. The summed E-state index contributed by atoms with van der Waals surface area (Å²) in [6.45, 7) is 1.27. The molecule has 0 saturated carbocycles. The maximum Gasteiger partial charge on any atom is 0.308 e. The second kappa shape index (κ2) is 6.28. The number of carbonyl (C=O) groups is 2. The van der Waals surface area contributed by atoms with Crippen LogP contribution in [0.5, 0.6) is 11.5 Å². The summed E-state index contributed by atoms with van der Waals surface area (Å²) in [6, 6.07) is 10.5. The molecule has 21 heavy (non-hydrogen) atoms. The summed E-state index contributed by atoms with van der Waals surface area (Å²) >= 11 is 5.81. The van der Waals surface area contributed by atoms with Gasteiger partial charge in [0.05, 0.1) is 5.69 Å². The molecule has 0 heterocycles. The molecule has 0 aromatic heterocycles. The van der Waals surface area contributed by atoms with Crippen LogP contribution in [0.25, 0.3) is 0 Å². The summed E-state index contributed by atoms with van der Waals surface area (Å²) in [5.41, 5.74) is 0.485. The highest BCUT2D eigenvalue weighted by Crippen LogP contribution is 2.27. The molecular weight excluding hydrogens is 294 g/mol. The zero-order chi connectivity index (χ0) is 15.4. The third-order valence-electron chi connectivity index (χ3n) is 2.56. The summed E-state index contributed by atoms with van der Waals surface area (Å²) in [5.74, 6) is -0.754. The molecule has 6 heteroatoms. The highest BCUT2D eigenvalue weighted by atomic mass is 35.5. The van der Waals surface area contributed by atoms with Crippen molar-refractivity contribution in [2.24, 2.45) is 0 Å². The number of aromatic hydroxyl groups is 1. The molecule has 0 atom stereocenters. The average Bonchev–Trinajstić information content (AvgIpc) is 2.42. The van der Waals surface area contributed by atoms with Gasteiger partial charge in [0.15, 0.2) is 0 Å². The van der Waals surface area contributed by atoms with E-state index >= 15 is 0 Å². The van der Waals surface area contributed by atoms with E-state index in [1.54, 1.807) is 18.2 Å². The topological polar surface area (TPSA) is 75.6 Å². The second-order valence-corrected chi connectivity index (χ2v) is 4.67. The molecule has 0 aliphatic heterocycles. The molecule has 0 aliphatic carbocycles. The number of rotatable bonds is 3. The molecule has 0 bridgehead atoms. The van der Waals surface area contributed by atoms with Gasteiger partial charge in [-0.1, -0.05) is 17.7 Å². The minimum atomic E-state index is -0.472. The van der Waals surface area contributed by atoms with E-state index in [2.05, 4.69) is 5.32 Å². The van der Waals surface area contributed by atoms with Crippen LogP contribution in [0.15, 0.2) is 42.5 Å². The number of carbonyl (C=O) groups excluding carboxylic acids is 2. The van der Waals surface area contributed by atoms with Gasteiger partial charge in [0.2, 0.25) is 0 Å². The quantitative estimate of drug-likeness (QED) is 0.518. The molecule has 0 saturated heterocycles. The summed E-state index contributed by atoms with van der Waals surface area (Å²) in [6.07, 6.45) is 0. The molecule has 1 amide bonds. The van der Waals surface area contributed by atoms with Crippen LogP contribution in [-0.2, 0) is 4.79 Å². The molecule has 0 fully saturated rings. The fourth-order valence-electron chi connectivity index (χ4n) is 1.67. The van der Waals surface area contributed by atoms with Crippen molar-refractivity contribution in [3.8, 4) is 11.5 Å². The van der Waals surface area contributed by atoms with Crippen LogP contribution in [0.1, 0.15) is 17.3 Å². The second-order valence-electron chi connectivity index (χ2n) is 4.24. The third-order valence-corrected chi connectivity index (χ3v) is 2.80. The highest BCUT2D eigenvalue weighted by Gasteiger charge is 2.11. The maximum atomic E-state index is 12.1. The fraction of sp³-hybridized carbons (Fsp3) is 0.0667. The molecular formula is C15H12ClNO4. The Balaban J connectivity index is 2.20. The first-order chi connectivity index (χ1) is 9.95. The van der Waals surface area contributed by atoms with Crippen LogP contribution in [0, 0.1) is 0 Å². The minimum absolute atomic E-state index is 0.0936. The Kier molecular flexibility index (Phi) is 4.45. The summed E-state index contributed by atoms with van der Waals surface area (Å²) < 4.78 is 4.91. The monoisotopic (exact) mass is 305 g/mol. The largest absolute Gasteiger partial charge is 0.506 e. The standard InChI is InChI=1S/C15H12ClNO4/c1-9(18)21-12-4-2-3-10(7-12)15(20)17-13-8-11(16)5-6-14(13)19/h2-8,19H,1H3,(H,17,20). The van der Waals surface area contributed by atoms with Crippen molar-refractivity contribution in [3.05, 3.63) is 53.1 Å². The van der Waals surface area contributed by atoms with E-state index in [1.165, 1.54) is 31.2 Å². The van der Waals surface area contributed by atoms with E-state index in [0.29, 0.717) is 5.02 Å². The molecule has 0 aliphatic rings. The Morgan fingerprint density at radius 3 is 2.67 bits per heavy atom. The smallest absolute Gasteiger partial charge is 0.308 e. The first-order valence-electron chi connectivity index (χ1n) is 6.04. The predicted octanol–water partition coefficient (Wildman–Crippen LogP) is 3.22.